The molecule has 18 heavy (non-hydrogen) atoms. The molecular formula is C14H17N3O. The fraction of sp³-hybridized carbons (Fsp3) is 0.429. The van der Waals surface area contributed by atoms with E-state index in [1.165, 1.54) is 12.8 Å². The molecule has 0 amide bonds. The summed E-state index contributed by atoms with van der Waals surface area (Å²) < 4.78 is 5.79. The maximum Gasteiger partial charge on any atom is 0.249 e. The number of aromatic nitrogens is 2. The molecule has 0 aliphatic heterocycles. The molecule has 1 aromatic carbocycles. The van der Waals surface area contributed by atoms with E-state index in [9.17, 15) is 0 Å². The maximum atomic E-state index is 6.05. The van der Waals surface area contributed by atoms with Crippen molar-refractivity contribution in [2.24, 2.45) is 0 Å². The number of hydrogen-bond donors (Lipinski definition) is 1. The van der Waals surface area contributed by atoms with Crippen molar-refractivity contribution in [1.29, 1.82) is 0 Å². The summed E-state index contributed by atoms with van der Waals surface area (Å²) in [6.45, 7) is 1.98. The van der Waals surface area contributed by atoms with Crippen LogP contribution in [0.3, 0.4) is 0 Å². The van der Waals surface area contributed by atoms with Gasteiger partial charge in [-0.25, -0.2) is 0 Å². The standard InChI is InChI=1S/C14H17N3O/c1-9-5-4-8-11(12(9)15)14-17-16-13(18-14)10-6-2-3-7-10/h4-5,8,10H,2-3,6-7,15H2,1H3. The Bertz CT molecular complexity index is 556. The second kappa shape index (κ2) is 4.44. The Labute approximate surface area is 106 Å². The van der Waals surface area contributed by atoms with Crippen molar-refractivity contribution >= 4 is 5.69 Å². The first-order chi connectivity index (χ1) is 8.75. The maximum absolute atomic E-state index is 6.05. The Morgan fingerprint density at radius 2 is 2.00 bits per heavy atom. The van der Waals surface area contributed by atoms with Gasteiger partial charge in [0.05, 0.1) is 5.56 Å². The average Bonchev–Trinajstić information content (AvgIpc) is 3.01. The van der Waals surface area contributed by atoms with Crippen LogP contribution in [0.5, 0.6) is 0 Å². The Hall–Kier alpha value is -1.84. The highest BCUT2D eigenvalue weighted by molar-refractivity contribution is 5.72. The number of hydrogen-bond acceptors (Lipinski definition) is 4. The van der Waals surface area contributed by atoms with Crippen LogP contribution in [-0.2, 0) is 0 Å². The molecule has 0 unspecified atom stereocenters. The zero-order valence-electron chi connectivity index (χ0n) is 10.5. The Kier molecular flexibility index (Phi) is 2.78. The summed E-state index contributed by atoms with van der Waals surface area (Å²) in [7, 11) is 0. The van der Waals surface area contributed by atoms with Crippen molar-refractivity contribution in [2.75, 3.05) is 5.73 Å². The van der Waals surface area contributed by atoms with Crippen molar-refractivity contribution in [3.05, 3.63) is 29.7 Å². The Morgan fingerprint density at radius 1 is 1.22 bits per heavy atom. The second-order valence-corrected chi connectivity index (χ2v) is 4.96. The van der Waals surface area contributed by atoms with Crippen LogP contribution in [0.25, 0.3) is 11.5 Å². The molecule has 1 saturated carbocycles. The van der Waals surface area contributed by atoms with Gasteiger partial charge >= 0.3 is 0 Å². The van der Waals surface area contributed by atoms with E-state index < -0.39 is 0 Å². The minimum atomic E-state index is 0.442. The summed E-state index contributed by atoms with van der Waals surface area (Å²) in [6.07, 6.45) is 4.83. The van der Waals surface area contributed by atoms with E-state index in [2.05, 4.69) is 10.2 Å². The van der Waals surface area contributed by atoms with Gasteiger partial charge in [-0.2, -0.15) is 0 Å². The first-order valence-electron chi connectivity index (χ1n) is 6.44. The zero-order valence-corrected chi connectivity index (χ0v) is 10.5. The number of para-hydroxylation sites is 1. The lowest BCUT2D eigenvalue weighted by atomic mass is 10.1. The van der Waals surface area contributed by atoms with Gasteiger partial charge in [-0.05, 0) is 31.4 Å². The highest BCUT2D eigenvalue weighted by atomic mass is 16.4. The molecule has 4 nitrogen and oxygen atoms in total. The average molecular weight is 243 g/mol. The molecule has 3 rings (SSSR count). The lowest BCUT2D eigenvalue weighted by Crippen LogP contribution is -1.93. The van der Waals surface area contributed by atoms with Gasteiger partial charge in [0.15, 0.2) is 0 Å². The van der Waals surface area contributed by atoms with Crippen LogP contribution >= 0.6 is 0 Å². The quantitative estimate of drug-likeness (QED) is 0.822. The third kappa shape index (κ3) is 1.88. The predicted octanol–water partition coefficient (Wildman–Crippen LogP) is 3.28. The monoisotopic (exact) mass is 243 g/mol. The summed E-state index contributed by atoms with van der Waals surface area (Å²) in [6, 6.07) is 5.86. The molecule has 1 aliphatic carbocycles. The molecule has 1 fully saturated rings. The predicted molar refractivity (Wildman–Crippen MR) is 70.1 cm³/mol. The summed E-state index contributed by atoms with van der Waals surface area (Å²) >= 11 is 0. The van der Waals surface area contributed by atoms with Crippen LogP contribution in [0, 0.1) is 6.92 Å². The Balaban J connectivity index is 1.95. The van der Waals surface area contributed by atoms with E-state index >= 15 is 0 Å². The van der Waals surface area contributed by atoms with E-state index in [4.69, 9.17) is 10.2 Å². The molecule has 4 heteroatoms. The van der Waals surface area contributed by atoms with Gasteiger partial charge < -0.3 is 10.2 Å². The van der Waals surface area contributed by atoms with Gasteiger partial charge in [0, 0.05) is 11.6 Å². The van der Waals surface area contributed by atoms with E-state index in [-0.39, 0.29) is 0 Å². The van der Waals surface area contributed by atoms with Crippen LogP contribution < -0.4 is 5.73 Å². The van der Waals surface area contributed by atoms with Gasteiger partial charge in [0.1, 0.15) is 0 Å². The normalized spacial score (nSPS) is 16.3. The van der Waals surface area contributed by atoms with Crippen molar-refractivity contribution in [3.63, 3.8) is 0 Å². The fourth-order valence-electron chi connectivity index (χ4n) is 2.55. The van der Waals surface area contributed by atoms with Crippen LogP contribution in [0.4, 0.5) is 5.69 Å². The fourth-order valence-corrected chi connectivity index (χ4v) is 2.55. The summed E-state index contributed by atoms with van der Waals surface area (Å²) in [5, 5.41) is 8.31. The summed E-state index contributed by atoms with van der Waals surface area (Å²) in [5.74, 6) is 1.75. The third-order valence-electron chi connectivity index (χ3n) is 3.70. The summed E-state index contributed by atoms with van der Waals surface area (Å²) in [4.78, 5) is 0. The molecular weight excluding hydrogens is 226 g/mol. The lowest BCUT2D eigenvalue weighted by Gasteiger charge is -2.04. The topological polar surface area (TPSA) is 64.9 Å². The number of benzene rings is 1. The first kappa shape index (κ1) is 11.3. The smallest absolute Gasteiger partial charge is 0.249 e. The minimum absolute atomic E-state index is 0.442. The number of nitrogens with zero attached hydrogens (tertiary/aromatic N) is 2. The zero-order chi connectivity index (χ0) is 12.5. The largest absolute Gasteiger partial charge is 0.420 e. The van der Waals surface area contributed by atoms with Crippen molar-refractivity contribution in [1.82, 2.24) is 10.2 Å². The molecule has 0 bridgehead atoms. The number of aryl methyl sites for hydroxylation is 1. The molecule has 94 valence electrons. The van der Waals surface area contributed by atoms with Gasteiger partial charge in [-0.15, -0.1) is 10.2 Å². The van der Waals surface area contributed by atoms with E-state index in [0.717, 1.165) is 35.5 Å². The van der Waals surface area contributed by atoms with E-state index in [1.807, 2.05) is 25.1 Å². The van der Waals surface area contributed by atoms with Crippen molar-refractivity contribution < 1.29 is 4.42 Å². The number of nitrogen functional groups attached to an aromatic ring is 1. The van der Waals surface area contributed by atoms with Gasteiger partial charge in [0.25, 0.3) is 0 Å². The van der Waals surface area contributed by atoms with Crippen LogP contribution in [-0.4, -0.2) is 10.2 Å². The van der Waals surface area contributed by atoms with Crippen molar-refractivity contribution in [3.8, 4) is 11.5 Å². The highest BCUT2D eigenvalue weighted by Gasteiger charge is 2.23. The molecule has 2 aromatic rings. The number of nitrogens with two attached hydrogens (primary N) is 1. The number of rotatable bonds is 2. The molecule has 0 saturated heterocycles. The van der Waals surface area contributed by atoms with Crippen LogP contribution in [0.2, 0.25) is 0 Å². The van der Waals surface area contributed by atoms with E-state index in [1.54, 1.807) is 0 Å². The first-order valence-corrected chi connectivity index (χ1v) is 6.44. The lowest BCUT2D eigenvalue weighted by molar-refractivity contribution is 0.457. The summed E-state index contributed by atoms with van der Waals surface area (Å²) in [5.41, 5.74) is 8.65. The second-order valence-electron chi connectivity index (χ2n) is 4.96. The Morgan fingerprint density at radius 3 is 2.78 bits per heavy atom. The molecule has 0 spiro atoms. The third-order valence-corrected chi connectivity index (χ3v) is 3.70. The number of anilines is 1. The SMILES string of the molecule is Cc1cccc(-c2nnc(C3CCCC3)o2)c1N. The molecule has 0 radical (unpaired) electrons. The van der Waals surface area contributed by atoms with Crippen LogP contribution in [0.1, 0.15) is 43.1 Å². The van der Waals surface area contributed by atoms with Gasteiger partial charge in [-0.3, -0.25) is 0 Å². The van der Waals surface area contributed by atoms with E-state index in [0.29, 0.717) is 11.8 Å². The highest BCUT2D eigenvalue weighted by Crippen LogP contribution is 2.35. The van der Waals surface area contributed by atoms with Crippen LogP contribution in [0.15, 0.2) is 22.6 Å². The molecule has 0 atom stereocenters. The molecule has 1 heterocycles. The molecule has 1 aromatic heterocycles. The van der Waals surface area contributed by atoms with Gasteiger partial charge in [-0.1, -0.05) is 25.0 Å². The van der Waals surface area contributed by atoms with Crippen molar-refractivity contribution in [2.45, 2.75) is 38.5 Å². The van der Waals surface area contributed by atoms with Gasteiger partial charge in [0.2, 0.25) is 11.8 Å². The molecule has 1 aliphatic rings. The minimum Gasteiger partial charge on any atom is -0.420 e. The molecule has 2 N–H and O–H groups in total.